The molecule has 0 bridgehead atoms. The van der Waals surface area contributed by atoms with Crippen molar-refractivity contribution in [2.75, 3.05) is 0 Å². The van der Waals surface area contributed by atoms with Gasteiger partial charge in [-0.05, 0) is 114 Å². The van der Waals surface area contributed by atoms with E-state index >= 15 is 0 Å². The molecule has 270 valence electrons. The van der Waals surface area contributed by atoms with Crippen LogP contribution in [-0.4, -0.2) is 18.7 Å². The third-order valence-corrected chi connectivity index (χ3v) is 12.1. The number of hydrogen-bond acceptors (Lipinski definition) is 2. The fraction of sp³-hybridized carbons (Fsp3) is 0. The first-order chi connectivity index (χ1) is 28.8. The molecule has 8 aromatic carbocycles. The number of para-hydroxylation sites is 4. The van der Waals surface area contributed by atoms with Crippen LogP contribution in [0.25, 0.3) is 116 Å². The number of aromatic nitrogens is 4. The topological polar surface area (TPSA) is 40.8 Å². The Morgan fingerprint density at radius 2 is 0.810 bits per heavy atom. The normalized spacial score (nSPS) is 12.1. The fourth-order valence-corrected chi connectivity index (χ4v) is 9.53. The molecule has 0 aliphatic heterocycles. The first-order valence-corrected chi connectivity index (χ1v) is 19.7. The third-order valence-electron chi connectivity index (χ3n) is 12.1. The van der Waals surface area contributed by atoms with E-state index in [0.29, 0.717) is 0 Å². The number of rotatable bonds is 4. The lowest BCUT2D eigenvalue weighted by atomic mass is 10.0. The minimum atomic E-state index is 0.886. The van der Waals surface area contributed by atoms with Gasteiger partial charge >= 0.3 is 0 Å². The Kier molecular flexibility index (Phi) is 6.38. The van der Waals surface area contributed by atoms with Gasteiger partial charge in [-0.15, -0.1) is 0 Å². The Morgan fingerprint density at radius 1 is 0.310 bits per heavy atom. The van der Waals surface area contributed by atoms with E-state index < -0.39 is 0 Å². The van der Waals surface area contributed by atoms with Crippen molar-refractivity contribution in [1.82, 2.24) is 18.7 Å². The van der Waals surface area contributed by atoms with E-state index in [2.05, 4.69) is 184 Å². The SMILES string of the molecule is c1ccc(-n2c3ccccc3c3cc(-c4ccc5c(c4)c4ccccc4n5-c4ccc5c(c4)c4ncccc4n5-c4ccc5oc6ccccc6c5c4)ccc32)cc1. The van der Waals surface area contributed by atoms with Gasteiger partial charge in [-0.3, -0.25) is 4.98 Å². The third kappa shape index (κ3) is 4.38. The smallest absolute Gasteiger partial charge is 0.135 e. The molecular formula is C53H32N4O. The number of hydrogen-bond donors (Lipinski definition) is 0. The second kappa shape index (κ2) is 11.8. The molecule has 0 unspecified atom stereocenters. The minimum Gasteiger partial charge on any atom is -0.456 e. The Labute approximate surface area is 331 Å². The molecule has 5 heteroatoms. The zero-order valence-corrected chi connectivity index (χ0v) is 31.2. The van der Waals surface area contributed by atoms with E-state index in [1.807, 2.05) is 24.4 Å². The summed E-state index contributed by atoms with van der Waals surface area (Å²) in [6.07, 6.45) is 1.89. The molecule has 0 saturated heterocycles. The first-order valence-electron chi connectivity index (χ1n) is 19.7. The predicted octanol–water partition coefficient (Wildman–Crippen LogP) is 13.9. The molecule has 0 N–H and O–H groups in total. The molecule has 0 atom stereocenters. The van der Waals surface area contributed by atoms with Crippen LogP contribution in [0.3, 0.4) is 0 Å². The van der Waals surface area contributed by atoms with Crippen molar-refractivity contribution >= 4 is 87.5 Å². The zero-order chi connectivity index (χ0) is 37.9. The monoisotopic (exact) mass is 740 g/mol. The van der Waals surface area contributed by atoms with E-state index in [1.54, 1.807) is 0 Å². The summed E-state index contributed by atoms with van der Waals surface area (Å²) in [6.45, 7) is 0. The molecule has 13 rings (SSSR count). The van der Waals surface area contributed by atoms with E-state index in [9.17, 15) is 0 Å². The Bertz CT molecular complexity index is 3800. The lowest BCUT2D eigenvalue weighted by Gasteiger charge is -2.11. The highest BCUT2D eigenvalue weighted by Crippen LogP contribution is 2.40. The summed E-state index contributed by atoms with van der Waals surface area (Å²) in [7, 11) is 0. The lowest BCUT2D eigenvalue weighted by molar-refractivity contribution is 0.669. The summed E-state index contributed by atoms with van der Waals surface area (Å²) in [6, 6.07) is 67.7. The van der Waals surface area contributed by atoms with Gasteiger partial charge < -0.3 is 18.1 Å². The van der Waals surface area contributed by atoms with Gasteiger partial charge in [0.1, 0.15) is 11.2 Å². The number of nitrogens with zero attached hydrogens (tertiary/aromatic N) is 4. The van der Waals surface area contributed by atoms with Gasteiger partial charge in [0.05, 0.1) is 38.6 Å². The Balaban J connectivity index is 0.979. The Morgan fingerprint density at radius 3 is 1.53 bits per heavy atom. The van der Waals surface area contributed by atoms with E-state index in [1.165, 1.54) is 60.4 Å². The average molecular weight is 741 g/mol. The second-order valence-corrected chi connectivity index (χ2v) is 15.2. The first kappa shape index (κ1) is 31.3. The highest BCUT2D eigenvalue weighted by Gasteiger charge is 2.19. The fourth-order valence-electron chi connectivity index (χ4n) is 9.53. The molecule has 13 aromatic rings. The Hall–Kier alpha value is -7.89. The minimum absolute atomic E-state index is 0.886. The van der Waals surface area contributed by atoms with E-state index in [-0.39, 0.29) is 0 Å². The highest BCUT2D eigenvalue weighted by atomic mass is 16.3. The molecular weight excluding hydrogens is 709 g/mol. The summed E-state index contributed by atoms with van der Waals surface area (Å²) < 4.78 is 13.3. The van der Waals surface area contributed by atoms with Gasteiger partial charge in [0.25, 0.3) is 0 Å². The van der Waals surface area contributed by atoms with Crippen molar-refractivity contribution in [3.8, 4) is 28.2 Å². The molecule has 0 radical (unpaired) electrons. The maximum absolute atomic E-state index is 6.18. The molecule has 0 fully saturated rings. The van der Waals surface area contributed by atoms with E-state index in [0.717, 1.165) is 55.2 Å². The van der Waals surface area contributed by atoms with Gasteiger partial charge in [-0.25, -0.2) is 0 Å². The maximum Gasteiger partial charge on any atom is 0.135 e. The molecule has 0 aliphatic carbocycles. The highest BCUT2D eigenvalue weighted by molar-refractivity contribution is 6.14. The number of furan rings is 1. The van der Waals surface area contributed by atoms with Crippen LogP contribution >= 0.6 is 0 Å². The van der Waals surface area contributed by atoms with Gasteiger partial charge in [0.2, 0.25) is 0 Å². The van der Waals surface area contributed by atoms with Crippen LogP contribution in [0.1, 0.15) is 0 Å². The predicted molar refractivity (Wildman–Crippen MR) is 240 cm³/mol. The molecule has 5 heterocycles. The second-order valence-electron chi connectivity index (χ2n) is 15.2. The number of fused-ring (bicyclic) bond motifs is 12. The summed E-state index contributed by atoms with van der Waals surface area (Å²) in [5.41, 5.74) is 15.4. The zero-order valence-electron chi connectivity index (χ0n) is 31.2. The summed E-state index contributed by atoms with van der Waals surface area (Å²) in [4.78, 5) is 4.96. The van der Waals surface area contributed by atoms with Crippen LogP contribution in [0.2, 0.25) is 0 Å². The van der Waals surface area contributed by atoms with Crippen molar-refractivity contribution < 1.29 is 4.42 Å². The molecule has 0 saturated carbocycles. The van der Waals surface area contributed by atoms with Gasteiger partial charge in [0, 0.05) is 61.0 Å². The average Bonchev–Trinajstić information content (AvgIpc) is 4.02. The summed E-state index contributed by atoms with van der Waals surface area (Å²) >= 11 is 0. The van der Waals surface area contributed by atoms with Crippen molar-refractivity contribution in [2.45, 2.75) is 0 Å². The largest absolute Gasteiger partial charge is 0.456 e. The number of pyridine rings is 1. The molecule has 0 spiro atoms. The van der Waals surface area contributed by atoms with Crippen LogP contribution < -0.4 is 0 Å². The van der Waals surface area contributed by atoms with Crippen LogP contribution in [-0.2, 0) is 0 Å². The van der Waals surface area contributed by atoms with Crippen molar-refractivity contribution in [2.24, 2.45) is 0 Å². The standard InChI is InChI=1S/C53H32N4O/c1-2-11-35(12-3-1)55-45-16-7-4-13-38(45)41-29-33(20-24-47(41)55)34-21-25-48-42(30-34)39-14-5-8-17-46(39)56(48)36-22-26-49-44(32-36)53-50(18-10-28-54-53)57(49)37-23-27-52-43(31-37)40-15-6-9-19-51(40)58-52/h1-32H. The quantitative estimate of drug-likeness (QED) is 0.180. The van der Waals surface area contributed by atoms with Gasteiger partial charge in [0.15, 0.2) is 0 Å². The number of benzene rings is 8. The molecule has 58 heavy (non-hydrogen) atoms. The molecule has 5 aromatic heterocycles. The molecule has 0 aliphatic rings. The molecule has 0 amide bonds. The summed E-state index contributed by atoms with van der Waals surface area (Å²) in [5, 5.41) is 8.28. The van der Waals surface area contributed by atoms with Crippen LogP contribution in [0.4, 0.5) is 0 Å². The lowest BCUT2D eigenvalue weighted by Crippen LogP contribution is -1.96. The van der Waals surface area contributed by atoms with Gasteiger partial charge in [-0.1, -0.05) is 84.9 Å². The maximum atomic E-state index is 6.18. The van der Waals surface area contributed by atoms with Crippen LogP contribution in [0.5, 0.6) is 0 Å². The van der Waals surface area contributed by atoms with Crippen LogP contribution in [0.15, 0.2) is 199 Å². The van der Waals surface area contributed by atoms with Crippen molar-refractivity contribution in [1.29, 1.82) is 0 Å². The summed E-state index contributed by atoms with van der Waals surface area (Å²) in [5.74, 6) is 0. The van der Waals surface area contributed by atoms with Crippen molar-refractivity contribution in [3.63, 3.8) is 0 Å². The molecule has 5 nitrogen and oxygen atoms in total. The van der Waals surface area contributed by atoms with Crippen LogP contribution in [0, 0.1) is 0 Å². The van der Waals surface area contributed by atoms with Crippen molar-refractivity contribution in [3.05, 3.63) is 194 Å². The van der Waals surface area contributed by atoms with Gasteiger partial charge in [-0.2, -0.15) is 0 Å². The van der Waals surface area contributed by atoms with E-state index in [4.69, 9.17) is 9.40 Å².